The number of hydrogen-bond acceptors (Lipinski definition) is 6. The molecule has 1 aromatic carbocycles. The quantitative estimate of drug-likeness (QED) is 0.413. The Morgan fingerprint density at radius 3 is 2.79 bits per heavy atom. The summed E-state index contributed by atoms with van der Waals surface area (Å²) in [5.74, 6) is 1.73. The van der Waals surface area contributed by atoms with E-state index in [9.17, 15) is 9.90 Å². The summed E-state index contributed by atoms with van der Waals surface area (Å²) in [6, 6.07) is 9.56. The van der Waals surface area contributed by atoms with Gasteiger partial charge in [0.1, 0.15) is 11.6 Å². The van der Waals surface area contributed by atoms with E-state index in [1.54, 1.807) is 10.7 Å². The van der Waals surface area contributed by atoms with Crippen LogP contribution in [0.5, 0.6) is 0 Å². The van der Waals surface area contributed by atoms with Crippen LogP contribution in [0.4, 0.5) is 17.3 Å². The molecule has 4 rings (SSSR count). The van der Waals surface area contributed by atoms with Crippen molar-refractivity contribution in [3.05, 3.63) is 46.6 Å². The van der Waals surface area contributed by atoms with E-state index in [2.05, 4.69) is 42.0 Å². The lowest BCUT2D eigenvalue weighted by molar-refractivity contribution is -0.117. The van der Waals surface area contributed by atoms with E-state index < -0.39 is 0 Å². The molecule has 0 aliphatic heterocycles. The molecule has 1 amide bonds. The highest BCUT2D eigenvalue weighted by atomic mass is 79.9. The number of aliphatic hydroxyl groups is 1. The molecule has 1 aliphatic carbocycles. The molecule has 1 saturated carbocycles. The minimum Gasteiger partial charge on any atom is -0.394 e. The number of carbonyl (C=O) groups is 1. The summed E-state index contributed by atoms with van der Waals surface area (Å²) in [6.07, 6.45) is 3.68. The van der Waals surface area contributed by atoms with Crippen molar-refractivity contribution in [2.24, 2.45) is 5.92 Å². The molecule has 1 fully saturated rings. The number of amides is 1. The average molecular weight is 459 g/mol. The number of aromatic nitrogens is 3. The lowest BCUT2D eigenvalue weighted by atomic mass is 10.2. The van der Waals surface area contributed by atoms with E-state index in [0.717, 1.165) is 34.4 Å². The number of nitrogens with zero attached hydrogens (tertiary/aromatic N) is 3. The zero-order chi connectivity index (χ0) is 20.4. The molecule has 0 spiro atoms. The standard InChI is InChI=1S/C20H23BrN6O2/c1-12(11-28)24-17-8-18(27-19(26-17)16(21)10-23-27)22-9-13-2-6-15(7-3-13)25-20(29)14-4-5-14/h2-3,6-8,10,12,14,22,28H,4-5,9,11H2,1H3,(H,24,26)(H,25,29)/t12-/m0/s1. The Bertz CT molecular complexity index is 1020. The number of carbonyl (C=O) groups excluding carboxylic acids is 1. The van der Waals surface area contributed by atoms with Crippen LogP contribution in [-0.2, 0) is 11.3 Å². The van der Waals surface area contributed by atoms with Crippen molar-refractivity contribution in [2.45, 2.75) is 32.4 Å². The van der Waals surface area contributed by atoms with Crippen molar-refractivity contribution >= 4 is 44.8 Å². The van der Waals surface area contributed by atoms with Crippen LogP contribution in [0, 0.1) is 5.92 Å². The number of fused-ring (bicyclic) bond motifs is 1. The predicted octanol–water partition coefficient (Wildman–Crippen LogP) is 3.25. The second-order valence-electron chi connectivity index (χ2n) is 7.30. The molecule has 0 bridgehead atoms. The minimum atomic E-state index is -0.113. The Kier molecular flexibility index (Phi) is 5.68. The summed E-state index contributed by atoms with van der Waals surface area (Å²) in [6.45, 7) is 2.48. The van der Waals surface area contributed by atoms with Gasteiger partial charge < -0.3 is 21.1 Å². The Hall–Kier alpha value is -2.65. The summed E-state index contributed by atoms with van der Waals surface area (Å²) in [4.78, 5) is 16.4. The minimum absolute atomic E-state index is 0.0136. The van der Waals surface area contributed by atoms with Gasteiger partial charge >= 0.3 is 0 Å². The van der Waals surface area contributed by atoms with Crippen LogP contribution in [-0.4, -0.2) is 38.3 Å². The molecule has 0 unspecified atom stereocenters. The van der Waals surface area contributed by atoms with Crippen molar-refractivity contribution in [1.29, 1.82) is 0 Å². The molecule has 2 heterocycles. The number of anilines is 3. The number of benzene rings is 1. The first-order valence-electron chi connectivity index (χ1n) is 9.59. The van der Waals surface area contributed by atoms with Gasteiger partial charge in [-0.05, 0) is 53.4 Å². The van der Waals surface area contributed by atoms with Gasteiger partial charge in [-0.1, -0.05) is 12.1 Å². The first-order valence-corrected chi connectivity index (χ1v) is 10.4. The zero-order valence-corrected chi connectivity index (χ0v) is 17.6. The van der Waals surface area contributed by atoms with Crippen molar-refractivity contribution in [2.75, 3.05) is 22.6 Å². The first-order chi connectivity index (χ1) is 14.0. The number of halogens is 1. The smallest absolute Gasteiger partial charge is 0.227 e. The topological polar surface area (TPSA) is 104 Å². The fourth-order valence-electron chi connectivity index (χ4n) is 2.92. The van der Waals surface area contributed by atoms with E-state index in [0.29, 0.717) is 18.0 Å². The molecule has 9 heteroatoms. The Labute approximate surface area is 176 Å². The van der Waals surface area contributed by atoms with Crippen molar-refractivity contribution < 1.29 is 9.90 Å². The predicted molar refractivity (Wildman–Crippen MR) is 116 cm³/mol. The highest BCUT2D eigenvalue weighted by molar-refractivity contribution is 9.10. The van der Waals surface area contributed by atoms with E-state index in [1.165, 1.54) is 0 Å². The van der Waals surface area contributed by atoms with Gasteiger partial charge in [-0.25, -0.2) is 4.98 Å². The third kappa shape index (κ3) is 4.68. The number of hydrogen-bond donors (Lipinski definition) is 4. The Morgan fingerprint density at radius 2 is 2.10 bits per heavy atom. The molecule has 2 aromatic heterocycles. The van der Waals surface area contributed by atoms with Crippen LogP contribution in [0.3, 0.4) is 0 Å². The van der Waals surface area contributed by atoms with E-state index in [4.69, 9.17) is 0 Å². The van der Waals surface area contributed by atoms with Gasteiger partial charge in [0.2, 0.25) is 5.91 Å². The maximum Gasteiger partial charge on any atom is 0.227 e. The molecule has 1 aliphatic rings. The summed E-state index contributed by atoms with van der Waals surface area (Å²) < 4.78 is 2.51. The monoisotopic (exact) mass is 458 g/mol. The largest absolute Gasteiger partial charge is 0.394 e. The molecule has 0 radical (unpaired) electrons. The average Bonchev–Trinajstić information content (AvgIpc) is 3.51. The highest BCUT2D eigenvalue weighted by Crippen LogP contribution is 2.30. The van der Waals surface area contributed by atoms with Crippen molar-refractivity contribution in [3.63, 3.8) is 0 Å². The molecular formula is C20H23BrN6O2. The normalized spacial score (nSPS) is 14.6. The maximum atomic E-state index is 11.9. The summed E-state index contributed by atoms with van der Waals surface area (Å²) in [5.41, 5.74) is 2.57. The SMILES string of the molecule is C[C@@H](CO)Nc1cc(NCc2ccc(NC(=O)C3CC3)cc2)n2ncc(Br)c2n1. The Morgan fingerprint density at radius 1 is 1.34 bits per heavy atom. The van der Waals surface area contributed by atoms with Gasteiger partial charge in [0.25, 0.3) is 0 Å². The summed E-state index contributed by atoms with van der Waals surface area (Å²) in [5, 5.41) is 23.2. The zero-order valence-electron chi connectivity index (χ0n) is 16.0. The molecule has 8 nitrogen and oxygen atoms in total. The van der Waals surface area contributed by atoms with E-state index in [-0.39, 0.29) is 24.5 Å². The highest BCUT2D eigenvalue weighted by Gasteiger charge is 2.29. The maximum absolute atomic E-state index is 11.9. The lowest BCUT2D eigenvalue weighted by Gasteiger charge is -2.15. The van der Waals surface area contributed by atoms with Crippen LogP contribution in [0.2, 0.25) is 0 Å². The van der Waals surface area contributed by atoms with Crippen LogP contribution >= 0.6 is 15.9 Å². The third-order valence-electron chi connectivity index (χ3n) is 4.74. The van der Waals surface area contributed by atoms with Crippen LogP contribution in [0.25, 0.3) is 5.65 Å². The second kappa shape index (κ2) is 8.38. The number of rotatable bonds is 8. The molecular weight excluding hydrogens is 436 g/mol. The van der Waals surface area contributed by atoms with Crippen LogP contribution in [0.1, 0.15) is 25.3 Å². The molecule has 29 heavy (non-hydrogen) atoms. The summed E-state index contributed by atoms with van der Waals surface area (Å²) >= 11 is 3.47. The second-order valence-corrected chi connectivity index (χ2v) is 8.15. The van der Waals surface area contributed by atoms with Gasteiger partial charge in [0, 0.05) is 30.3 Å². The fraction of sp³-hybridized carbons (Fsp3) is 0.350. The lowest BCUT2D eigenvalue weighted by Crippen LogP contribution is -2.20. The van der Waals surface area contributed by atoms with Gasteiger partial charge in [-0.15, -0.1) is 0 Å². The van der Waals surface area contributed by atoms with Crippen molar-refractivity contribution in [1.82, 2.24) is 14.6 Å². The molecule has 3 aromatic rings. The number of nitrogens with one attached hydrogen (secondary N) is 3. The molecule has 4 N–H and O–H groups in total. The van der Waals surface area contributed by atoms with Gasteiger partial charge in [-0.3, -0.25) is 4.79 Å². The van der Waals surface area contributed by atoms with Crippen LogP contribution < -0.4 is 16.0 Å². The molecule has 152 valence electrons. The van der Waals surface area contributed by atoms with E-state index in [1.807, 2.05) is 37.3 Å². The van der Waals surface area contributed by atoms with Gasteiger partial charge in [0.05, 0.1) is 17.3 Å². The van der Waals surface area contributed by atoms with Crippen molar-refractivity contribution in [3.8, 4) is 0 Å². The van der Waals surface area contributed by atoms with Crippen LogP contribution in [0.15, 0.2) is 41.0 Å². The number of aliphatic hydroxyl groups excluding tert-OH is 1. The van der Waals surface area contributed by atoms with E-state index >= 15 is 0 Å². The Balaban J connectivity index is 1.47. The van der Waals surface area contributed by atoms with Gasteiger partial charge in [0.15, 0.2) is 5.65 Å². The first kappa shape index (κ1) is 19.7. The summed E-state index contributed by atoms with van der Waals surface area (Å²) in [7, 11) is 0. The molecule has 1 atom stereocenters. The third-order valence-corrected chi connectivity index (χ3v) is 5.30. The molecule has 0 saturated heterocycles. The van der Waals surface area contributed by atoms with Gasteiger partial charge in [-0.2, -0.15) is 9.61 Å². The fourth-order valence-corrected chi connectivity index (χ4v) is 3.27.